The van der Waals surface area contributed by atoms with Crippen molar-refractivity contribution in [3.8, 4) is 5.75 Å². The van der Waals surface area contributed by atoms with E-state index in [4.69, 9.17) is 4.74 Å². The molecule has 1 aliphatic heterocycles. The largest absolute Gasteiger partial charge is 0.434 e. The van der Waals surface area contributed by atoms with Crippen molar-refractivity contribution in [3.63, 3.8) is 0 Å². The minimum atomic E-state index is -2.98. The SMILES string of the molecule is O=C(NC1CCOC1)c1ccc(Br)cc1OC(F)F. The van der Waals surface area contributed by atoms with Crippen LogP contribution in [0.3, 0.4) is 0 Å². The molecule has 0 aromatic heterocycles. The smallest absolute Gasteiger partial charge is 0.387 e. The summed E-state index contributed by atoms with van der Waals surface area (Å²) in [5, 5.41) is 2.72. The van der Waals surface area contributed by atoms with Gasteiger partial charge in [0.25, 0.3) is 5.91 Å². The van der Waals surface area contributed by atoms with Gasteiger partial charge >= 0.3 is 6.61 Å². The molecule has 0 radical (unpaired) electrons. The van der Waals surface area contributed by atoms with E-state index in [0.717, 1.165) is 0 Å². The quantitative estimate of drug-likeness (QED) is 0.919. The van der Waals surface area contributed by atoms with E-state index in [2.05, 4.69) is 26.0 Å². The van der Waals surface area contributed by atoms with Crippen LogP contribution in [0.4, 0.5) is 8.78 Å². The van der Waals surface area contributed by atoms with Gasteiger partial charge in [-0.3, -0.25) is 4.79 Å². The number of halogens is 3. The summed E-state index contributed by atoms with van der Waals surface area (Å²) in [4.78, 5) is 12.0. The summed E-state index contributed by atoms with van der Waals surface area (Å²) < 4.78 is 34.7. The average Bonchev–Trinajstić information content (AvgIpc) is 2.80. The first-order valence-corrected chi connectivity index (χ1v) is 6.48. The Morgan fingerprint density at radius 2 is 2.32 bits per heavy atom. The Labute approximate surface area is 117 Å². The van der Waals surface area contributed by atoms with Crippen LogP contribution in [0, 0.1) is 0 Å². The summed E-state index contributed by atoms with van der Waals surface area (Å²) in [6.07, 6.45) is 0.716. The molecule has 0 bridgehead atoms. The molecule has 1 N–H and O–H groups in total. The second-order valence-electron chi connectivity index (χ2n) is 4.05. The first kappa shape index (κ1) is 14.2. The zero-order valence-electron chi connectivity index (χ0n) is 9.87. The number of rotatable bonds is 4. The number of hydrogen-bond donors (Lipinski definition) is 1. The lowest BCUT2D eigenvalue weighted by Gasteiger charge is -2.14. The predicted octanol–water partition coefficient (Wildman–Crippen LogP) is 2.57. The Morgan fingerprint density at radius 1 is 1.53 bits per heavy atom. The van der Waals surface area contributed by atoms with Gasteiger partial charge in [0.1, 0.15) is 5.75 Å². The van der Waals surface area contributed by atoms with Gasteiger partial charge in [0.2, 0.25) is 0 Å². The average molecular weight is 336 g/mol. The first-order valence-electron chi connectivity index (χ1n) is 5.69. The Balaban J connectivity index is 2.14. The standard InChI is InChI=1S/C12H12BrF2NO3/c13-7-1-2-9(10(5-7)19-12(14)15)11(17)16-8-3-4-18-6-8/h1-2,5,8,12H,3-4,6H2,(H,16,17). The van der Waals surface area contributed by atoms with E-state index in [9.17, 15) is 13.6 Å². The summed E-state index contributed by atoms with van der Waals surface area (Å²) in [5.74, 6) is -0.598. The van der Waals surface area contributed by atoms with Gasteiger partial charge in [0.05, 0.1) is 18.2 Å². The Hall–Kier alpha value is -1.21. The molecule has 1 saturated heterocycles. The van der Waals surface area contributed by atoms with Crippen LogP contribution in [0.2, 0.25) is 0 Å². The highest BCUT2D eigenvalue weighted by molar-refractivity contribution is 9.10. The van der Waals surface area contributed by atoms with Crippen LogP contribution in [0.5, 0.6) is 5.75 Å². The van der Waals surface area contributed by atoms with Crippen LogP contribution in [0.15, 0.2) is 22.7 Å². The van der Waals surface area contributed by atoms with Gasteiger partial charge in [0, 0.05) is 11.1 Å². The summed E-state index contributed by atoms with van der Waals surface area (Å²) >= 11 is 3.15. The van der Waals surface area contributed by atoms with E-state index in [1.807, 2.05) is 0 Å². The number of benzene rings is 1. The summed E-state index contributed by atoms with van der Waals surface area (Å²) in [5.41, 5.74) is 0.0791. The monoisotopic (exact) mass is 335 g/mol. The van der Waals surface area contributed by atoms with Gasteiger partial charge in [-0.15, -0.1) is 0 Å². The van der Waals surface area contributed by atoms with Crippen LogP contribution < -0.4 is 10.1 Å². The lowest BCUT2D eigenvalue weighted by molar-refractivity contribution is -0.0502. The van der Waals surface area contributed by atoms with Crippen LogP contribution in [0.25, 0.3) is 0 Å². The van der Waals surface area contributed by atoms with Crippen molar-refractivity contribution in [1.82, 2.24) is 5.32 Å². The lowest BCUT2D eigenvalue weighted by atomic mass is 10.1. The van der Waals surface area contributed by atoms with Gasteiger partial charge < -0.3 is 14.8 Å². The molecule has 1 fully saturated rings. The Kier molecular flexibility index (Phi) is 4.71. The minimum Gasteiger partial charge on any atom is -0.434 e. The van der Waals surface area contributed by atoms with Crippen molar-refractivity contribution in [2.45, 2.75) is 19.1 Å². The number of amides is 1. The van der Waals surface area contributed by atoms with Crippen LogP contribution in [0.1, 0.15) is 16.8 Å². The van der Waals surface area contributed by atoms with Gasteiger partial charge in [-0.25, -0.2) is 0 Å². The van der Waals surface area contributed by atoms with Crippen molar-refractivity contribution in [2.75, 3.05) is 13.2 Å². The predicted molar refractivity (Wildman–Crippen MR) is 67.5 cm³/mol. The van der Waals surface area contributed by atoms with E-state index >= 15 is 0 Å². The molecule has 1 heterocycles. The van der Waals surface area contributed by atoms with Crippen LogP contribution in [-0.4, -0.2) is 31.8 Å². The molecule has 1 aliphatic rings. The third-order valence-electron chi connectivity index (χ3n) is 2.67. The number of ether oxygens (including phenoxy) is 2. The van der Waals surface area contributed by atoms with Crippen molar-refractivity contribution >= 4 is 21.8 Å². The zero-order chi connectivity index (χ0) is 13.8. The third-order valence-corrected chi connectivity index (χ3v) is 3.16. The number of alkyl halides is 2. The number of hydrogen-bond acceptors (Lipinski definition) is 3. The Bertz CT molecular complexity index is 464. The maximum absolute atomic E-state index is 12.3. The van der Waals surface area contributed by atoms with E-state index in [1.54, 1.807) is 6.07 Å². The topological polar surface area (TPSA) is 47.6 Å². The van der Waals surface area contributed by atoms with E-state index < -0.39 is 12.5 Å². The summed E-state index contributed by atoms with van der Waals surface area (Å²) in [6, 6.07) is 4.29. The minimum absolute atomic E-state index is 0.0791. The van der Waals surface area contributed by atoms with Gasteiger partial charge in [0.15, 0.2) is 0 Å². The molecule has 4 nitrogen and oxygen atoms in total. The molecule has 104 valence electrons. The second kappa shape index (κ2) is 6.29. The first-order chi connectivity index (χ1) is 9.06. The van der Waals surface area contributed by atoms with Crippen molar-refractivity contribution in [1.29, 1.82) is 0 Å². The van der Waals surface area contributed by atoms with Crippen molar-refractivity contribution in [2.24, 2.45) is 0 Å². The van der Waals surface area contributed by atoms with Crippen LogP contribution >= 0.6 is 15.9 Å². The maximum Gasteiger partial charge on any atom is 0.387 e. The molecule has 0 saturated carbocycles. The highest BCUT2D eigenvalue weighted by atomic mass is 79.9. The van der Waals surface area contributed by atoms with Gasteiger partial charge in [-0.05, 0) is 24.6 Å². The number of carbonyl (C=O) groups is 1. The fourth-order valence-corrected chi connectivity index (χ4v) is 2.13. The molecule has 1 amide bonds. The fourth-order valence-electron chi connectivity index (χ4n) is 1.79. The van der Waals surface area contributed by atoms with Gasteiger partial charge in [-0.2, -0.15) is 8.78 Å². The Morgan fingerprint density at radius 3 is 2.95 bits per heavy atom. The molecule has 0 aliphatic carbocycles. The molecule has 1 unspecified atom stereocenters. The normalized spacial score (nSPS) is 18.6. The maximum atomic E-state index is 12.3. The fraction of sp³-hybridized carbons (Fsp3) is 0.417. The zero-order valence-corrected chi connectivity index (χ0v) is 11.5. The molecule has 0 spiro atoms. The van der Waals surface area contributed by atoms with Crippen molar-refractivity contribution in [3.05, 3.63) is 28.2 Å². The van der Waals surface area contributed by atoms with Crippen molar-refractivity contribution < 1.29 is 23.0 Å². The summed E-state index contributed by atoms with van der Waals surface area (Å²) in [7, 11) is 0. The molecular formula is C12H12BrF2NO3. The second-order valence-corrected chi connectivity index (χ2v) is 4.97. The van der Waals surface area contributed by atoms with E-state index in [1.165, 1.54) is 12.1 Å². The molecule has 1 aromatic carbocycles. The van der Waals surface area contributed by atoms with Gasteiger partial charge in [-0.1, -0.05) is 15.9 Å². The highest BCUT2D eigenvalue weighted by Gasteiger charge is 2.21. The van der Waals surface area contributed by atoms with E-state index in [0.29, 0.717) is 24.1 Å². The molecule has 7 heteroatoms. The molecule has 19 heavy (non-hydrogen) atoms. The number of carbonyl (C=O) groups excluding carboxylic acids is 1. The van der Waals surface area contributed by atoms with E-state index in [-0.39, 0.29) is 17.4 Å². The molecular weight excluding hydrogens is 324 g/mol. The molecule has 1 atom stereocenters. The lowest BCUT2D eigenvalue weighted by Crippen LogP contribution is -2.35. The summed E-state index contributed by atoms with van der Waals surface area (Å²) in [6.45, 7) is -1.95. The molecule has 1 aromatic rings. The highest BCUT2D eigenvalue weighted by Crippen LogP contribution is 2.25. The number of nitrogens with one attached hydrogen (secondary N) is 1. The molecule has 2 rings (SSSR count). The van der Waals surface area contributed by atoms with Crippen LogP contribution in [-0.2, 0) is 4.74 Å². The third kappa shape index (κ3) is 3.87.